The minimum Gasteiger partial charge on any atom is -0.344 e. The van der Waals surface area contributed by atoms with Crippen LogP contribution < -0.4 is 10.6 Å². The summed E-state index contributed by atoms with van der Waals surface area (Å²) in [5, 5.41) is 14.4. The molecule has 1 aromatic carbocycles. The summed E-state index contributed by atoms with van der Waals surface area (Å²) >= 11 is 0. The molecule has 2 heterocycles. The van der Waals surface area contributed by atoms with Crippen molar-refractivity contribution in [2.24, 2.45) is 0 Å². The molecule has 7 heteroatoms. The van der Waals surface area contributed by atoms with Gasteiger partial charge in [0.15, 0.2) is 5.69 Å². The van der Waals surface area contributed by atoms with E-state index in [4.69, 9.17) is 0 Å². The highest BCUT2D eigenvalue weighted by molar-refractivity contribution is 5.92. The van der Waals surface area contributed by atoms with E-state index in [1.54, 1.807) is 6.20 Å². The molecule has 0 bridgehead atoms. The van der Waals surface area contributed by atoms with Crippen LogP contribution in [0.5, 0.6) is 0 Å². The standard InChI is InChI=1S/C16H21N5O.ClH/c1-12(13-5-3-2-4-6-13)18-16(22)15-11-21(20-19-15)14-7-9-17-10-8-14;/h2-6,11-12,14,17H,7-10H2,1H3,(H,18,22);1H. The average molecular weight is 336 g/mol. The van der Waals surface area contributed by atoms with Crippen molar-refractivity contribution >= 4 is 18.3 Å². The lowest BCUT2D eigenvalue weighted by Gasteiger charge is -2.22. The van der Waals surface area contributed by atoms with Crippen molar-refractivity contribution < 1.29 is 4.79 Å². The largest absolute Gasteiger partial charge is 0.344 e. The summed E-state index contributed by atoms with van der Waals surface area (Å²) in [7, 11) is 0. The molecule has 1 unspecified atom stereocenters. The van der Waals surface area contributed by atoms with Gasteiger partial charge in [0, 0.05) is 0 Å². The van der Waals surface area contributed by atoms with Crippen LogP contribution in [-0.4, -0.2) is 34.0 Å². The number of hydrogen-bond donors (Lipinski definition) is 2. The van der Waals surface area contributed by atoms with E-state index < -0.39 is 0 Å². The van der Waals surface area contributed by atoms with Crippen molar-refractivity contribution in [2.75, 3.05) is 13.1 Å². The molecule has 1 aliphatic heterocycles. The first-order valence-electron chi connectivity index (χ1n) is 7.72. The zero-order valence-electron chi connectivity index (χ0n) is 13.1. The first-order chi connectivity index (χ1) is 10.7. The first-order valence-corrected chi connectivity index (χ1v) is 7.72. The number of halogens is 1. The predicted octanol–water partition coefficient (Wildman–Crippen LogP) is 2.12. The average Bonchev–Trinajstić information content (AvgIpc) is 3.06. The highest BCUT2D eigenvalue weighted by Crippen LogP contribution is 2.17. The Labute approximate surface area is 142 Å². The number of rotatable bonds is 4. The van der Waals surface area contributed by atoms with Gasteiger partial charge in [-0.05, 0) is 38.4 Å². The number of piperidine rings is 1. The van der Waals surface area contributed by atoms with E-state index in [0.717, 1.165) is 31.5 Å². The van der Waals surface area contributed by atoms with Crippen LogP contribution in [-0.2, 0) is 0 Å². The smallest absolute Gasteiger partial charge is 0.273 e. The molecule has 1 saturated heterocycles. The molecule has 124 valence electrons. The monoisotopic (exact) mass is 335 g/mol. The van der Waals surface area contributed by atoms with Gasteiger partial charge in [0.25, 0.3) is 5.91 Å². The van der Waals surface area contributed by atoms with Gasteiger partial charge in [-0.3, -0.25) is 4.79 Å². The lowest BCUT2D eigenvalue weighted by atomic mass is 10.1. The van der Waals surface area contributed by atoms with E-state index in [0.29, 0.717) is 11.7 Å². The Kier molecular flexibility index (Phi) is 6.12. The van der Waals surface area contributed by atoms with Crippen molar-refractivity contribution in [1.29, 1.82) is 0 Å². The minimum absolute atomic E-state index is 0. The maximum Gasteiger partial charge on any atom is 0.273 e. The number of nitrogens with one attached hydrogen (secondary N) is 2. The first kappa shape index (κ1) is 17.4. The highest BCUT2D eigenvalue weighted by atomic mass is 35.5. The predicted molar refractivity (Wildman–Crippen MR) is 90.7 cm³/mol. The summed E-state index contributed by atoms with van der Waals surface area (Å²) in [6, 6.07) is 10.2. The molecule has 1 amide bonds. The Morgan fingerprint density at radius 2 is 2.00 bits per heavy atom. The molecule has 2 N–H and O–H groups in total. The molecule has 0 aliphatic carbocycles. The second-order valence-electron chi connectivity index (χ2n) is 5.67. The van der Waals surface area contributed by atoms with Gasteiger partial charge in [-0.15, -0.1) is 17.5 Å². The zero-order valence-corrected chi connectivity index (χ0v) is 13.9. The summed E-state index contributed by atoms with van der Waals surface area (Å²) in [5.41, 5.74) is 1.45. The fraction of sp³-hybridized carbons (Fsp3) is 0.438. The highest BCUT2D eigenvalue weighted by Gasteiger charge is 2.19. The summed E-state index contributed by atoms with van der Waals surface area (Å²) in [5.74, 6) is -0.184. The van der Waals surface area contributed by atoms with Crippen molar-refractivity contribution in [1.82, 2.24) is 25.6 Å². The van der Waals surface area contributed by atoms with E-state index in [9.17, 15) is 4.79 Å². The Hall–Kier alpha value is -1.92. The molecule has 6 nitrogen and oxygen atoms in total. The van der Waals surface area contributed by atoms with Crippen LogP contribution in [0.3, 0.4) is 0 Å². The van der Waals surface area contributed by atoms with Gasteiger partial charge in [-0.25, -0.2) is 4.68 Å². The molecule has 0 saturated carbocycles. The molecule has 0 radical (unpaired) electrons. The normalized spacial score (nSPS) is 16.4. The van der Waals surface area contributed by atoms with E-state index in [2.05, 4.69) is 20.9 Å². The van der Waals surface area contributed by atoms with Crippen LogP contribution in [0.2, 0.25) is 0 Å². The number of aromatic nitrogens is 3. The molecule has 1 atom stereocenters. The minimum atomic E-state index is -0.184. The molecule has 0 spiro atoms. The van der Waals surface area contributed by atoms with Crippen LogP contribution in [0.4, 0.5) is 0 Å². The summed E-state index contributed by atoms with van der Waals surface area (Å²) in [4.78, 5) is 12.3. The molecular formula is C16H22ClN5O. The van der Waals surface area contributed by atoms with Crippen LogP contribution in [0, 0.1) is 0 Å². The fourth-order valence-electron chi connectivity index (χ4n) is 2.73. The molecule has 1 fully saturated rings. The van der Waals surface area contributed by atoms with Crippen LogP contribution in [0.1, 0.15) is 47.9 Å². The molecule has 23 heavy (non-hydrogen) atoms. The van der Waals surface area contributed by atoms with Gasteiger partial charge in [0.2, 0.25) is 0 Å². The van der Waals surface area contributed by atoms with Crippen molar-refractivity contribution in [3.8, 4) is 0 Å². The summed E-state index contributed by atoms with van der Waals surface area (Å²) < 4.78 is 1.82. The Balaban J connectivity index is 0.00000192. The van der Waals surface area contributed by atoms with Gasteiger partial charge in [0.05, 0.1) is 18.3 Å². The Morgan fingerprint density at radius 1 is 1.30 bits per heavy atom. The maximum absolute atomic E-state index is 12.3. The van der Waals surface area contributed by atoms with Gasteiger partial charge < -0.3 is 10.6 Å². The van der Waals surface area contributed by atoms with Gasteiger partial charge in [0.1, 0.15) is 0 Å². The number of hydrogen-bond acceptors (Lipinski definition) is 4. The van der Waals surface area contributed by atoms with Crippen molar-refractivity contribution in [2.45, 2.75) is 31.8 Å². The Bertz CT molecular complexity index is 624. The molecule has 1 aromatic heterocycles. The lowest BCUT2D eigenvalue weighted by molar-refractivity contribution is 0.0934. The number of nitrogens with zero attached hydrogens (tertiary/aromatic N) is 3. The summed E-state index contributed by atoms with van der Waals surface area (Å²) in [6.45, 7) is 3.93. The van der Waals surface area contributed by atoms with Gasteiger partial charge in [-0.2, -0.15) is 0 Å². The molecule has 1 aliphatic rings. The maximum atomic E-state index is 12.3. The van der Waals surface area contributed by atoms with E-state index in [1.807, 2.05) is 41.9 Å². The molecular weight excluding hydrogens is 314 g/mol. The number of benzene rings is 1. The third-order valence-corrected chi connectivity index (χ3v) is 4.07. The molecule has 3 rings (SSSR count). The molecule has 2 aromatic rings. The van der Waals surface area contributed by atoms with Crippen molar-refractivity contribution in [3.63, 3.8) is 0 Å². The SMILES string of the molecule is CC(NC(=O)c1cn(C2CCNCC2)nn1)c1ccccc1.Cl. The summed E-state index contributed by atoms with van der Waals surface area (Å²) in [6.07, 6.45) is 3.79. The number of carbonyl (C=O) groups is 1. The second-order valence-corrected chi connectivity index (χ2v) is 5.67. The topological polar surface area (TPSA) is 71.8 Å². The number of amides is 1. The zero-order chi connectivity index (χ0) is 15.4. The van der Waals surface area contributed by atoms with Crippen LogP contribution in [0.25, 0.3) is 0 Å². The second kappa shape index (κ2) is 8.08. The van der Waals surface area contributed by atoms with Crippen LogP contribution >= 0.6 is 12.4 Å². The van der Waals surface area contributed by atoms with Crippen molar-refractivity contribution in [3.05, 3.63) is 47.8 Å². The third-order valence-electron chi connectivity index (χ3n) is 4.07. The van der Waals surface area contributed by atoms with Crippen LogP contribution in [0.15, 0.2) is 36.5 Å². The van der Waals surface area contributed by atoms with Gasteiger partial charge >= 0.3 is 0 Å². The van der Waals surface area contributed by atoms with E-state index in [-0.39, 0.29) is 24.4 Å². The third kappa shape index (κ3) is 4.30. The number of carbonyl (C=O) groups excluding carboxylic acids is 1. The Morgan fingerprint density at radius 3 is 2.70 bits per heavy atom. The quantitative estimate of drug-likeness (QED) is 0.897. The van der Waals surface area contributed by atoms with Gasteiger partial charge in [-0.1, -0.05) is 35.5 Å². The lowest BCUT2D eigenvalue weighted by Crippen LogP contribution is -2.29. The fourth-order valence-corrected chi connectivity index (χ4v) is 2.73. The van der Waals surface area contributed by atoms with E-state index in [1.165, 1.54) is 0 Å². The van der Waals surface area contributed by atoms with E-state index >= 15 is 0 Å².